The lowest BCUT2D eigenvalue weighted by Gasteiger charge is -2.46. The smallest absolute Gasteiger partial charge is 0.416 e. The summed E-state index contributed by atoms with van der Waals surface area (Å²) in [5.74, 6) is -2.38. The maximum atomic E-state index is 13.8. The Labute approximate surface area is 234 Å². The number of carbonyl (C=O) groups is 2. The topological polar surface area (TPSA) is 116 Å². The highest BCUT2D eigenvalue weighted by Gasteiger charge is 2.47. The average molecular weight is 580 g/mol. The van der Waals surface area contributed by atoms with E-state index in [1.54, 1.807) is 13.0 Å². The fourth-order valence-corrected chi connectivity index (χ4v) is 6.33. The highest BCUT2D eigenvalue weighted by Crippen LogP contribution is 2.38. The number of carboxylic acid groups (broad SMARTS) is 1. The number of aliphatic hydroxyl groups is 1. The van der Waals surface area contributed by atoms with Crippen LogP contribution in [0.2, 0.25) is 0 Å². The first-order valence-corrected chi connectivity index (χ1v) is 13.6. The number of fused-ring (bicyclic) bond motifs is 1. The summed E-state index contributed by atoms with van der Waals surface area (Å²) in [6.45, 7) is 3.00. The Balaban J connectivity index is 1.20. The van der Waals surface area contributed by atoms with E-state index in [1.165, 1.54) is 17.0 Å². The molecule has 0 spiro atoms. The Kier molecular flexibility index (Phi) is 7.64. The summed E-state index contributed by atoms with van der Waals surface area (Å²) in [6, 6.07) is 7.24. The van der Waals surface area contributed by atoms with E-state index in [2.05, 4.69) is 4.90 Å². The number of likely N-dealkylation sites (tertiary alicyclic amines) is 1. The van der Waals surface area contributed by atoms with Gasteiger partial charge in [0.15, 0.2) is 5.72 Å². The van der Waals surface area contributed by atoms with E-state index >= 15 is 0 Å². The van der Waals surface area contributed by atoms with Gasteiger partial charge in [0.25, 0.3) is 5.91 Å². The molecule has 0 saturated carbocycles. The maximum absolute atomic E-state index is 13.8. The van der Waals surface area contributed by atoms with Crippen molar-refractivity contribution in [3.05, 3.63) is 70.0 Å². The van der Waals surface area contributed by atoms with Gasteiger partial charge >= 0.3 is 12.1 Å². The van der Waals surface area contributed by atoms with Crippen LogP contribution in [0.4, 0.5) is 17.6 Å². The minimum Gasteiger partial charge on any atom is -0.478 e. The Morgan fingerprint density at radius 1 is 1.10 bits per heavy atom. The van der Waals surface area contributed by atoms with Gasteiger partial charge in [0.2, 0.25) is 0 Å². The van der Waals surface area contributed by atoms with Crippen molar-refractivity contribution < 1.29 is 42.1 Å². The summed E-state index contributed by atoms with van der Waals surface area (Å²) in [7, 11) is 0. The van der Waals surface area contributed by atoms with Gasteiger partial charge in [0.05, 0.1) is 24.3 Å². The molecule has 4 N–H and O–H groups in total. The molecule has 3 aliphatic heterocycles. The van der Waals surface area contributed by atoms with Crippen LogP contribution in [0.15, 0.2) is 36.4 Å². The van der Waals surface area contributed by atoms with Crippen LogP contribution >= 0.6 is 0 Å². The fraction of sp³-hybridized carbons (Fsp3) is 0.517. The van der Waals surface area contributed by atoms with E-state index in [4.69, 9.17) is 10.5 Å². The SMILES string of the molecule is C[C@]1(C(=O)N2Cc3cc(C(F)(F)F)ccc3[C@@](N)(O)C2)CC[C@@H](N2CCC(c3ccc(F)c(C(=O)O)c3)CC2)CO1. The normalized spacial score (nSPS) is 27.9. The number of rotatable bonds is 4. The standard InChI is InChI=1S/C29H33F4N3O5/c1-27(26(39)36-14-19-12-20(29(31,32)33)3-4-23(19)28(34,40)16-36)9-6-21(15-41-27)35-10-7-17(8-11-35)18-2-5-24(30)22(13-18)25(37)38/h2-5,12-13,17,21,40H,6-11,14-16,34H2,1H3,(H,37,38)/t21-,27-,28+/m1/s1. The monoisotopic (exact) mass is 579 g/mol. The molecule has 0 aromatic heterocycles. The van der Waals surface area contributed by atoms with Gasteiger partial charge in [-0.25, -0.2) is 9.18 Å². The second kappa shape index (κ2) is 10.6. The summed E-state index contributed by atoms with van der Waals surface area (Å²) in [5, 5.41) is 20.0. The fourth-order valence-electron chi connectivity index (χ4n) is 6.33. The highest BCUT2D eigenvalue weighted by molar-refractivity contribution is 5.88. The van der Waals surface area contributed by atoms with Gasteiger partial charge in [0.1, 0.15) is 11.4 Å². The van der Waals surface area contributed by atoms with Crippen molar-refractivity contribution in [3.8, 4) is 0 Å². The molecule has 41 heavy (non-hydrogen) atoms. The lowest BCUT2D eigenvalue weighted by molar-refractivity contribution is -0.172. The van der Waals surface area contributed by atoms with Crippen molar-refractivity contribution in [3.63, 3.8) is 0 Å². The van der Waals surface area contributed by atoms with Crippen LogP contribution in [-0.2, 0) is 28.0 Å². The number of carboxylic acids is 1. The molecule has 3 atom stereocenters. The number of β-amino-alcohol motifs (C(OH)–C–C–N with tert-alkyl or cyclic N) is 1. The number of alkyl halides is 3. The predicted molar refractivity (Wildman–Crippen MR) is 139 cm³/mol. The highest BCUT2D eigenvalue weighted by atomic mass is 19.4. The number of carbonyl (C=O) groups excluding carboxylic acids is 1. The van der Waals surface area contributed by atoms with Crippen LogP contribution in [0.25, 0.3) is 0 Å². The molecule has 2 aromatic carbocycles. The summed E-state index contributed by atoms with van der Waals surface area (Å²) in [4.78, 5) is 28.4. The molecule has 222 valence electrons. The lowest BCUT2D eigenvalue weighted by atomic mass is 9.85. The number of ether oxygens (including phenoxy) is 1. The van der Waals surface area contributed by atoms with Crippen LogP contribution in [0, 0.1) is 5.82 Å². The third-order valence-corrected chi connectivity index (χ3v) is 8.72. The van der Waals surface area contributed by atoms with Gasteiger partial charge in [-0.1, -0.05) is 12.1 Å². The zero-order valence-electron chi connectivity index (χ0n) is 22.6. The first kappa shape index (κ1) is 29.4. The van der Waals surface area contributed by atoms with Crippen molar-refractivity contribution in [1.82, 2.24) is 9.80 Å². The Hall–Kier alpha value is -3.06. The molecular weight excluding hydrogens is 546 g/mol. The Bertz CT molecular complexity index is 1330. The molecule has 2 fully saturated rings. The molecule has 0 bridgehead atoms. The summed E-state index contributed by atoms with van der Waals surface area (Å²) in [5.41, 5.74) is 2.71. The Morgan fingerprint density at radius 3 is 2.41 bits per heavy atom. The Morgan fingerprint density at radius 2 is 1.80 bits per heavy atom. The molecule has 1 amide bonds. The van der Waals surface area contributed by atoms with E-state index in [-0.39, 0.29) is 48.3 Å². The number of piperidine rings is 1. The number of aromatic carboxylic acids is 1. The minimum absolute atomic E-state index is 0.0579. The molecular formula is C29H33F4N3O5. The van der Waals surface area contributed by atoms with Gasteiger partial charge in [-0.05, 0) is 87.0 Å². The van der Waals surface area contributed by atoms with Crippen LogP contribution in [0.5, 0.6) is 0 Å². The molecule has 2 aromatic rings. The second-order valence-electron chi connectivity index (χ2n) is 11.5. The second-order valence-corrected chi connectivity index (χ2v) is 11.5. The average Bonchev–Trinajstić information content (AvgIpc) is 2.92. The summed E-state index contributed by atoms with van der Waals surface area (Å²) in [6.07, 6.45) is -2.01. The summed E-state index contributed by atoms with van der Waals surface area (Å²) < 4.78 is 59.8. The molecule has 8 nitrogen and oxygen atoms in total. The van der Waals surface area contributed by atoms with Gasteiger partial charge < -0.3 is 19.8 Å². The zero-order valence-corrected chi connectivity index (χ0v) is 22.6. The van der Waals surface area contributed by atoms with E-state index in [9.17, 15) is 37.4 Å². The number of nitrogens with two attached hydrogens (primary N) is 1. The zero-order chi connectivity index (χ0) is 29.7. The van der Waals surface area contributed by atoms with E-state index < -0.39 is 40.8 Å². The maximum Gasteiger partial charge on any atom is 0.416 e. The third kappa shape index (κ3) is 5.83. The quantitative estimate of drug-likeness (QED) is 0.373. The largest absolute Gasteiger partial charge is 0.478 e. The predicted octanol–water partition coefficient (Wildman–Crippen LogP) is 3.81. The number of nitrogens with zero attached hydrogens (tertiary/aromatic N) is 2. The number of halogens is 4. The number of hydrogen-bond acceptors (Lipinski definition) is 6. The van der Waals surface area contributed by atoms with Crippen LogP contribution < -0.4 is 5.73 Å². The van der Waals surface area contributed by atoms with Crippen molar-refractivity contribution in [1.29, 1.82) is 0 Å². The van der Waals surface area contributed by atoms with Crippen molar-refractivity contribution in [2.75, 3.05) is 26.2 Å². The lowest BCUT2D eigenvalue weighted by Crippen LogP contribution is -2.60. The number of hydrogen-bond donors (Lipinski definition) is 3. The molecule has 0 radical (unpaired) electrons. The molecule has 3 aliphatic rings. The number of amides is 1. The molecule has 0 unspecified atom stereocenters. The molecule has 0 aliphatic carbocycles. The van der Waals surface area contributed by atoms with Gasteiger partial charge in [-0.15, -0.1) is 0 Å². The molecule has 3 heterocycles. The van der Waals surface area contributed by atoms with Crippen molar-refractivity contribution >= 4 is 11.9 Å². The van der Waals surface area contributed by atoms with Crippen molar-refractivity contribution in [2.24, 2.45) is 5.73 Å². The van der Waals surface area contributed by atoms with Crippen LogP contribution in [0.3, 0.4) is 0 Å². The van der Waals surface area contributed by atoms with E-state index in [0.717, 1.165) is 49.7 Å². The van der Waals surface area contributed by atoms with Gasteiger partial charge in [0, 0.05) is 18.2 Å². The van der Waals surface area contributed by atoms with Crippen LogP contribution in [0.1, 0.15) is 71.1 Å². The van der Waals surface area contributed by atoms with Crippen LogP contribution in [-0.4, -0.2) is 69.8 Å². The summed E-state index contributed by atoms with van der Waals surface area (Å²) >= 11 is 0. The molecule has 12 heteroatoms. The first-order chi connectivity index (χ1) is 19.2. The number of benzene rings is 2. The molecule has 2 saturated heterocycles. The minimum atomic E-state index is -4.57. The first-order valence-electron chi connectivity index (χ1n) is 13.6. The van der Waals surface area contributed by atoms with Crippen molar-refractivity contribution in [2.45, 2.75) is 68.6 Å². The van der Waals surface area contributed by atoms with E-state index in [1.807, 2.05) is 0 Å². The van der Waals surface area contributed by atoms with E-state index in [0.29, 0.717) is 12.8 Å². The molecule has 5 rings (SSSR count). The van der Waals surface area contributed by atoms with Gasteiger partial charge in [-0.3, -0.25) is 15.4 Å². The third-order valence-electron chi connectivity index (χ3n) is 8.72. The van der Waals surface area contributed by atoms with Gasteiger partial charge in [-0.2, -0.15) is 13.2 Å².